The van der Waals surface area contributed by atoms with E-state index in [2.05, 4.69) is 5.16 Å². The molecule has 6 heteroatoms. The fourth-order valence-corrected chi connectivity index (χ4v) is 6.20. The number of nitrogens with zero attached hydrogens (tertiary/aromatic N) is 1. The van der Waals surface area contributed by atoms with Crippen LogP contribution < -0.4 is 5.73 Å². The Morgan fingerprint density at radius 2 is 1.76 bits per heavy atom. The average molecular weight is 381 g/mol. The Kier molecular flexibility index (Phi) is 4.45. The van der Waals surface area contributed by atoms with E-state index in [1.54, 1.807) is 18.2 Å². The summed E-state index contributed by atoms with van der Waals surface area (Å²) in [4.78, 5) is 17.5. The number of halogens is 2. The zero-order chi connectivity index (χ0) is 17.6. The van der Waals surface area contributed by atoms with E-state index in [0.717, 1.165) is 37.0 Å². The van der Waals surface area contributed by atoms with E-state index in [1.807, 2.05) is 0 Å². The summed E-state index contributed by atoms with van der Waals surface area (Å²) in [5.41, 5.74) is 6.54. The van der Waals surface area contributed by atoms with Crippen LogP contribution >= 0.6 is 23.2 Å². The third-order valence-corrected chi connectivity index (χ3v) is 6.69. The minimum absolute atomic E-state index is 0.0838. The summed E-state index contributed by atoms with van der Waals surface area (Å²) in [5, 5.41) is 4.70. The van der Waals surface area contributed by atoms with Crippen molar-refractivity contribution in [3.05, 3.63) is 33.8 Å². The summed E-state index contributed by atoms with van der Waals surface area (Å²) in [6, 6.07) is 4.91. The molecule has 0 amide bonds. The quantitative estimate of drug-likeness (QED) is 0.354. The highest BCUT2D eigenvalue weighted by Crippen LogP contribution is 2.61. The van der Waals surface area contributed by atoms with Gasteiger partial charge in [-0.2, -0.15) is 0 Å². The van der Waals surface area contributed by atoms with E-state index in [1.165, 1.54) is 19.3 Å². The van der Waals surface area contributed by atoms with Crippen LogP contribution in [0.5, 0.6) is 0 Å². The van der Waals surface area contributed by atoms with Gasteiger partial charge in [0.15, 0.2) is 5.84 Å². The van der Waals surface area contributed by atoms with E-state index in [9.17, 15) is 4.79 Å². The Bertz CT molecular complexity index is 697. The molecule has 1 aromatic rings. The van der Waals surface area contributed by atoms with Gasteiger partial charge < -0.3 is 10.6 Å². The topological polar surface area (TPSA) is 64.7 Å². The van der Waals surface area contributed by atoms with Gasteiger partial charge in [-0.3, -0.25) is 0 Å². The van der Waals surface area contributed by atoms with E-state index in [-0.39, 0.29) is 17.2 Å². The van der Waals surface area contributed by atoms with Crippen molar-refractivity contribution in [2.45, 2.75) is 44.9 Å². The van der Waals surface area contributed by atoms with Crippen molar-refractivity contribution in [2.75, 3.05) is 0 Å². The SMILES string of the molecule is N/C(=N\OC(=O)CC12CC3CC(CC(C3)C1)C2)c1ccc(Cl)cc1Cl. The molecule has 2 N–H and O–H groups in total. The molecule has 0 aromatic heterocycles. The van der Waals surface area contributed by atoms with Crippen LogP contribution in [0.15, 0.2) is 23.4 Å². The van der Waals surface area contributed by atoms with Gasteiger partial charge in [0.05, 0.1) is 11.4 Å². The maximum Gasteiger partial charge on any atom is 0.335 e. The molecule has 4 nitrogen and oxygen atoms in total. The van der Waals surface area contributed by atoms with Crippen molar-refractivity contribution >= 4 is 35.0 Å². The number of hydrogen-bond donors (Lipinski definition) is 1. The van der Waals surface area contributed by atoms with Crippen molar-refractivity contribution in [1.29, 1.82) is 0 Å². The maximum atomic E-state index is 12.4. The van der Waals surface area contributed by atoms with Gasteiger partial charge in [-0.15, -0.1) is 0 Å². The molecule has 0 saturated heterocycles. The van der Waals surface area contributed by atoms with Gasteiger partial charge in [0.2, 0.25) is 0 Å². The summed E-state index contributed by atoms with van der Waals surface area (Å²) in [7, 11) is 0. The van der Waals surface area contributed by atoms with Crippen LogP contribution in [0.2, 0.25) is 10.0 Å². The predicted octanol–water partition coefficient (Wildman–Crippen LogP) is 4.76. The molecule has 5 rings (SSSR count). The number of nitrogens with two attached hydrogens (primary N) is 1. The van der Waals surface area contributed by atoms with Gasteiger partial charge in [-0.05, 0) is 79.9 Å². The lowest BCUT2D eigenvalue weighted by Gasteiger charge is -2.56. The Hall–Kier alpha value is -1.26. The number of benzene rings is 1. The number of carbonyl (C=O) groups excluding carboxylic acids is 1. The van der Waals surface area contributed by atoms with Gasteiger partial charge in [0, 0.05) is 10.6 Å². The third kappa shape index (κ3) is 3.52. The van der Waals surface area contributed by atoms with Crippen molar-refractivity contribution < 1.29 is 9.63 Å². The van der Waals surface area contributed by atoms with E-state index >= 15 is 0 Å². The molecule has 1 aromatic carbocycles. The first-order chi connectivity index (χ1) is 11.9. The molecule has 4 aliphatic carbocycles. The molecule has 25 heavy (non-hydrogen) atoms. The van der Waals surface area contributed by atoms with E-state index in [0.29, 0.717) is 22.0 Å². The molecule has 0 unspecified atom stereocenters. The number of oxime groups is 1. The van der Waals surface area contributed by atoms with E-state index in [4.69, 9.17) is 33.8 Å². The average Bonchev–Trinajstić information content (AvgIpc) is 2.50. The van der Waals surface area contributed by atoms with Gasteiger partial charge in [0.25, 0.3) is 0 Å². The number of amidine groups is 1. The molecule has 4 aliphatic rings. The van der Waals surface area contributed by atoms with Crippen LogP contribution in [0, 0.1) is 23.2 Å². The minimum Gasteiger partial charge on any atom is -0.380 e. The molecular formula is C19H22Cl2N2O2. The molecule has 4 bridgehead atoms. The standard InChI is InChI=1S/C19H22Cl2N2O2/c20-14-1-2-15(16(21)6-14)18(22)23-25-17(24)10-19-7-11-3-12(8-19)5-13(4-11)9-19/h1-2,6,11-13H,3-5,7-10H2,(H2,22,23). The van der Waals surface area contributed by atoms with Crippen molar-refractivity contribution in [3.63, 3.8) is 0 Å². The van der Waals surface area contributed by atoms with Crippen LogP contribution in [0.4, 0.5) is 0 Å². The van der Waals surface area contributed by atoms with Gasteiger partial charge in [-0.25, -0.2) is 4.79 Å². The Morgan fingerprint density at radius 1 is 1.16 bits per heavy atom. The Balaban J connectivity index is 1.41. The molecule has 4 saturated carbocycles. The van der Waals surface area contributed by atoms with Crippen molar-refractivity contribution in [1.82, 2.24) is 0 Å². The summed E-state index contributed by atoms with van der Waals surface area (Å²) < 4.78 is 0. The zero-order valence-electron chi connectivity index (χ0n) is 14.0. The van der Waals surface area contributed by atoms with Crippen molar-refractivity contribution in [2.24, 2.45) is 34.1 Å². The van der Waals surface area contributed by atoms with Crippen LogP contribution in [0.1, 0.15) is 50.5 Å². The highest BCUT2D eigenvalue weighted by Gasteiger charge is 2.51. The van der Waals surface area contributed by atoms with Crippen LogP contribution in [-0.2, 0) is 9.63 Å². The number of rotatable bonds is 4. The molecule has 134 valence electrons. The molecule has 0 heterocycles. The van der Waals surface area contributed by atoms with E-state index < -0.39 is 0 Å². The third-order valence-electron chi connectivity index (χ3n) is 6.14. The number of carbonyl (C=O) groups is 1. The summed E-state index contributed by atoms with van der Waals surface area (Å²) >= 11 is 12.0. The lowest BCUT2D eigenvalue weighted by atomic mass is 9.49. The number of hydrogen-bond acceptors (Lipinski definition) is 3. The fraction of sp³-hybridized carbons (Fsp3) is 0.579. The second kappa shape index (κ2) is 6.48. The molecule has 0 radical (unpaired) electrons. The second-order valence-electron chi connectivity index (χ2n) is 8.16. The Labute approximate surface area is 157 Å². The highest BCUT2D eigenvalue weighted by atomic mass is 35.5. The van der Waals surface area contributed by atoms with Crippen molar-refractivity contribution in [3.8, 4) is 0 Å². The second-order valence-corrected chi connectivity index (χ2v) is 9.00. The molecular weight excluding hydrogens is 359 g/mol. The summed E-state index contributed by atoms with van der Waals surface area (Å²) in [6.07, 6.45) is 8.00. The smallest absolute Gasteiger partial charge is 0.335 e. The normalized spacial score (nSPS) is 33.5. The molecule has 0 aliphatic heterocycles. The van der Waals surface area contributed by atoms with Crippen LogP contribution in [0.3, 0.4) is 0 Å². The maximum absolute atomic E-state index is 12.4. The molecule has 4 fully saturated rings. The van der Waals surface area contributed by atoms with Crippen LogP contribution in [-0.4, -0.2) is 11.8 Å². The zero-order valence-corrected chi connectivity index (χ0v) is 15.5. The van der Waals surface area contributed by atoms with Gasteiger partial charge in [-0.1, -0.05) is 28.4 Å². The first kappa shape index (κ1) is 17.2. The van der Waals surface area contributed by atoms with Gasteiger partial charge in [0.1, 0.15) is 0 Å². The van der Waals surface area contributed by atoms with Gasteiger partial charge >= 0.3 is 5.97 Å². The van der Waals surface area contributed by atoms with Crippen LogP contribution in [0.25, 0.3) is 0 Å². The highest BCUT2D eigenvalue weighted by molar-refractivity contribution is 6.36. The summed E-state index contributed by atoms with van der Waals surface area (Å²) in [5.74, 6) is 2.21. The summed E-state index contributed by atoms with van der Waals surface area (Å²) in [6.45, 7) is 0. The molecule has 0 spiro atoms. The predicted molar refractivity (Wildman–Crippen MR) is 98.5 cm³/mol. The largest absolute Gasteiger partial charge is 0.380 e. The fourth-order valence-electron chi connectivity index (χ4n) is 5.69. The molecule has 0 atom stereocenters. The minimum atomic E-state index is -0.296. The first-order valence-electron chi connectivity index (χ1n) is 8.91. The first-order valence-corrected chi connectivity index (χ1v) is 9.67. The lowest BCUT2D eigenvalue weighted by Crippen LogP contribution is -2.47. The lowest BCUT2D eigenvalue weighted by molar-refractivity contribution is -0.152. The Morgan fingerprint density at radius 3 is 2.32 bits per heavy atom. The monoisotopic (exact) mass is 380 g/mol.